The van der Waals surface area contributed by atoms with Crippen molar-refractivity contribution >= 4 is 0 Å². The number of allylic oxidation sites excluding steroid dienone is 4. The van der Waals surface area contributed by atoms with Crippen LogP contribution in [0.25, 0.3) is 0 Å². The predicted molar refractivity (Wildman–Crippen MR) is 124 cm³/mol. The maximum absolute atomic E-state index is 10.2. The number of hydrogen-bond donors (Lipinski definition) is 3. The molecule has 170 valence electrons. The fourth-order valence-corrected chi connectivity index (χ4v) is 6.67. The van der Waals surface area contributed by atoms with Crippen molar-refractivity contribution in [1.82, 2.24) is 0 Å². The van der Waals surface area contributed by atoms with Gasteiger partial charge in [0.25, 0.3) is 0 Å². The summed E-state index contributed by atoms with van der Waals surface area (Å²) in [7, 11) is 0. The Hall–Kier alpha value is -0.900. The van der Waals surface area contributed by atoms with Crippen molar-refractivity contribution in [1.29, 1.82) is 0 Å². The van der Waals surface area contributed by atoms with Gasteiger partial charge in [0, 0.05) is 6.61 Å². The van der Waals surface area contributed by atoms with Gasteiger partial charge in [0.2, 0.25) is 0 Å². The molecule has 5 unspecified atom stereocenters. The average molecular weight is 417 g/mol. The standard InChI is InChI=1S/C27H44O3/c1-19-9-12-23(29)17-21(19)11-10-20-7-6-16-27(4)24(20)13-14-25(27)22(18-28)8-5-15-26(2,3)30/h10-11,22-25,28-30H,1,5-9,12-18H2,2-4H3/b20-10+,21-11+. The lowest BCUT2D eigenvalue weighted by molar-refractivity contribution is 0.0418. The Balaban J connectivity index is 1.72. The molecule has 3 aliphatic carbocycles. The van der Waals surface area contributed by atoms with E-state index in [-0.39, 0.29) is 18.1 Å². The van der Waals surface area contributed by atoms with E-state index in [1.807, 2.05) is 13.8 Å². The zero-order valence-corrected chi connectivity index (χ0v) is 19.5. The molecule has 3 fully saturated rings. The topological polar surface area (TPSA) is 60.7 Å². The molecule has 0 aliphatic heterocycles. The van der Waals surface area contributed by atoms with Crippen LogP contribution in [0, 0.1) is 23.2 Å². The second-order valence-electron chi connectivity index (χ2n) is 11.2. The highest BCUT2D eigenvalue weighted by Crippen LogP contribution is 2.60. The summed E-state index contributed by atoms with van der Waals surface area (Å²) >= 11 is 0. The molecule has 0 aromatic carbocycles. The van der Waals surface area contributed by atoms with Crippen LogP contribution in [0.4, 0.5) is 0 Å². The van der Waals surface area contributed by atoms with E-state index in [1.54, 1.807) is 5.57 Å². The molecule has 3 rings (SSSR count). The molecule has 0 saturated heterocycles. The largest absolute Gasteiger partial charge is 0.396 e. The Kier molecular flexibility index (Phi) is 7.69. The second kappa shape index (κ2) is 9.71. The molecule has 0 aromatic heterocycles. The van der Waals surface area contributed by atoms with Crippen LogP contribution in [0.15, 0.2) is 35.5 Å². The molecule has 0 bridgehead atoms. The first-order valence-corrected chi connectivity index (χ1v) is 12.2. The van der Waals surface area contributed by atoms with Gasteiger partial charge in [0.1, 0.15) is 0 Å². The molecule has 3 heteroatoms. The SMILES string of the molecule is C=C1CCC(O)C/C1=C\C=C1/CCCC2(C)C1CCC2C(CO)CCCC(C)(C)O. The summed E-state index contributed by atoms with van der Waals surface area (Å²) in [6.45, 7) is 10.7. The first kappa shape index (κ1) is 23.8. The van der Waals surface area contributed by atoms with Crippen molar-refractivity contribution in [2.75, 3.05) is 6.61 Å². The van der Waals surface area contributed by atoms with Gasteiger partial charge in [-0.25, -0.2) is 0 Å². The summed E-state index contributed by atoms with van der Waals surface area (Å²) in [5, 5.41) is 30.3. The van der Waals surface area contributed by atoms with E-state index >= 15 is 0 Å². The molecule has 3 nitrogen and oxygen atoms in total. The van der Waals surface area contributed by atoms with Crippen molar-refractivity contribution < 1.29 is 15.3 Å². The van der Waals surface area contributed by atoms with Crippen molar-refractivity contribution in [3.05, 3.63) is 35.5 Å². The third-order valence-corrected chi connectivity index (χ3v) is 8.39. The fourth-order valence-electron chi connectivity index (χ4n) is 6.67. The number of fused-ring (bicyclic) bond motifs is 1. The molecule has 0 heterocycles. The van der Waals surface area contributed by atoms with Gasteiger partial charge < -0.3 is 15.3 Å². The Labute approximate surface area is 184 Å². The summed E-state index contributed by atoms with van der Waals surface area (Å²) in [4.78, 5) is 0. The van der Waals surface area contributed by atoms with Gasteiger partial charge in [0.05, 0.1) is 11.7 Å². The first-order chi connectivity index (χ1) is 14.1. The van der Waals surface area contributed by atoms with Gasteiger partial charge in [-0.3, -0.25) is 0 Å². The summed E-state index contributed by atoms with van der Waals surface area (Å²) in [6.07, 6.45) is 15.7. The number of hydrogen-bond acceptors (Lipinski definition) is 3. The molecular formula is C27H44O3. The number of aliphatic hydroxyl groups is 3. The van der Waals surface area contributed by atoms with E-state index < -0.39 is 5.60 Å². The van der Waals surface area contributed by atoms with Crippen molar-refractivity contribution in [2.45, 2.75) is 103 Å². The monoisotopic (exact) mass is 416 g/mol. The Morgan fingerprint density at radius 2 is 1.97 bits per heavy atom. The smallest absolute Gasteiger partial charge is 0.0591 e. The molecule has 0 spiro atoms. The van der Waals surface area contributed by atoms with Gasteiger partial charge in [-0.1, -0.05) is 43.2 Å². The van der Waals surface area contributed by atoms with Gasteiger partial charge >= 0.3 is 0 Å². The van der Waals surface area contributed by atoms with Gasteiger partial charge in [-0.05, 0) is 107 Å². The van der Waals surface area contributed by atoms with Gasteiger partial charge in [0.15, 0.2) is 0 Å². The molecule has 3 N–H and O–H groups in total. The molecular weight excluding hydrogens is 372 g/mol. The summed E-state index contributed by atoms with van der Waals surface area (Å²) in [6, 6.07) is 0. The van der Waals surface area contributed by atoms with Crippen molar-refractivity contribution in [2.24, 2.45) is 23.2 Å². The summed E-state index contributed by atoms with van der Waals surface area (Å²) in [5.41, 5.74) is 3.64. The summed E-state index contributed by atoms with van der Waals surface area (Å²) in [5.74, 6) is 1.52. The third-order valence-electron chi connectivity index (χ3n) is 8.39. The quantitative estimate of drug-likeness (QED) is 0.498. The molecule has 0 radical (unpaired) electrons. The zero-order chi connectivity index (χ0) is 21.9. The van der Waals surface area contributed by atoms with Crippen LogP contribution in [-0.2, 0) is 0 Å². The van der Waals surface area contributed by atoms with E-state index in [0.717, 1.165) is 38.5 Å². The second-order valence-corrected chi connectivity index (χ2v) is 11.2. The van der Waals surface area contributed by atoms with E-state index in [2.05, 4.69) is 25.7 Å². The highest BCUT2D eigenvalue weighted by molar-refractivity contribution is 5.36. The van der Waals surface area contributed by atoms with Gasteiger partial charge in [-0.2, -0.15) is 0 Å². The van der Waals surface area contributed by atoms with Crippen LogP contribution in [0.2, 0.25) is 0 Å². The highest BCUT2D eigenvalue weighted by Gasteiger charge is 2.51. The predicted octanol–water partition coefficient (Wildman–Crippen LogP) is 5.71. The average Bonchev–Trinajstić information content (AvgIpc) is 3.02. The molecule has 3 saturated carbocycles. The lowest BCUT2D eigenvalue weighted by Gasteiger charge is -2.45. The lowest BCUT2D eigenvalue weighted by Crippen LogP contribution is -2.37. The number of aliphatic hydroxyl groups excluding tert-OH is 2. The van der Waals surface area contributed by atoms with Crippen LogP contribution in [-0.4, -0.2) is 33.6 Å². The van der Waals surface area contributed by atoms with Crippen molar-refractivity contribution in [3.63, 3.8) is 0 Å². The Morgan fingerprint density at radius 1 is 1.20 bits per heavy atom. The van der Waals surface area contributed by atoms with Crippen LogP contribution in [0.5, 0.6) is 0 Å². The normalized spacial score (nSPS) is 36.3. The lowest BCUT2D eigenvalue weighted by atomic mass is 9.60. The highest BCUT2D eigenvalue weighted by atomic mass is 16.3. The molecule has 30 heavy (non-hydrogen) atoms. The molecule has 0 aromatic rings. The maximum atomic E-state index is 10.2. The molecule has 5 atom stereocenters. The Bertz CT molecular complexity index is 668. The minimum atomic E-state index is -0.618. The third kappa shape index (κ3) is 5.47. The van der Waals surface area contributed by atoms with E-state index in [4.69, 9.17) is 0 Å². The van der Waals surface area contributed by atoms with Crippen LogP contribution >= 0.6 is 0 Å². The number of rotatable bonds is 7. The van der Waals surface area contributed by atoms with Crippen molar-refractivity contribution in [3.8, 4) is 0 Å². The molecule has 3 aliphatic rings. The van der Waals surface area contributed by atoms with Crippen LogP contribution in [0.1, 0.15) is 91.4 Å². The zero-order valence-electron chi connectivity index (χ0n) is 19.5. The van der Waals surface area contributed by atoms with E-state index in [0.29, 0.717) is 17.8 Å². The Morgan fingerprint density at radius 3 is 2.67 bits per heavy atom. The fraction of sp³-hybridized carbons (Fsp3) is 0.778. The van der Waals surface area contributed by atoms with Crippen LogP contribution < -0.4 is 0 Å². The first-order valence-electron chi connectivity index (χ1n) is 12.2. The molecule has 0 amide bonds. The minimum Gasteiger partial charge on any atom is -0.396 e. The van der Waals surface area contributed by atoms with Gasteiger partial charge in [-0.15, -0.1) is 0 Å². The minimum absolute atomic E-state index is 0.221. The van der Waals surface area contributed by atoms with Crippen LogP contribution in [0.3, 0.4) is 0 Å². The van der Waals surface area contributed by atoms with E-state index in [1.165, 1.54) is 43.3 Å². The van der Waals surface area contributed by atoms with E-state index in [9.17, 15) is 15.3 Å². The summed E-state index contributed by atoms with van der Waals surface area (Å²) < 4.78 is 0. The maximum Gasteiger partial charge on any atom is 0.0591 e.